The van der Waals surface area contributed by atoms with E-state index in [0.29, 0.717) is 11.6 Å². The topological polar surface area (TPSA) is 59.6 Å². The van der Waals surface area contributed by atoms with E-state index in [-0.39, 0.29) is 4.84 Å². The van der Waals surface area contributed by atoms with E-state index in [1.165, 1.54) is 0 Å². The van der Waals surface area contributed by atoms with Gasteiger partial charge in [0.25, 0.3) is 10.7 Å². The van der Waals surface area contributed by atoms with Gasteiger partial charge in [0.05, 0.1) is 0 Å². The van der Waals surface area contributed by atoms with Gasteiger partial charge in [0.2, 0.25) is 0 Å². The molecule has 0 unspecified atom stereocenters. The SMILES string of the molecule is CCCn1ccc(-c2n[nH]c(=S)o2)n1. The van der Waals surface area contributed by atoms with Gasteiger partial charge in [0, 0.05) is 12.7 Å². The van der Waals surface area contributed by atoms with E-state index < -0.39 is 0 Å². The van der Waals surface area contributed by atoms with Gasteiger partial charge < -0.3 is 4.42 Å². The van der Waals surface area contributed by atoms with Crippen LogP contribution in [0.1, 0.15) is 13.3 Å². The third kappa shape index (κ3) is 1.74. The van der Waals surface area contributed by atoms with E-state index in [9.17, 15) is 0 Å². The van der Waals surface area contributed by atoms with Crippen molar-refractivity contribution in [1.82, 2.24) is 20.0 Å². The van der Waals surface area contributed by atoms with Gasteiger partial charge in [0.1, 0.15) is 5.69 Å². The van der Waals surface area contributed by atoms with Gasteiger partial charge in [-0.1, -0.05) is 6.92 Å². The lowest BCUT2D eigenvalue weighted by atomic mass is 10.4. The number of aryl methyl sites for hydroxylation is 1. The first-order valence-corrected chi connectivity index (χ1v) is 4.79. The van der Waals surface area contributed by atoms with Crippen molar-refractivity contribution in [3.8, 4) is 11.6 Å². The molecular weight excluding hydrogens is 200 g/mol. The highest BCUT2D eigenvalue weighted by atomic mass is 32.1. The Balaban J connectivity index is 2.28. The molecule has 5 nitrogen and oxygen atoms in total. The van der Waals surface area contributed by atoms with Gasteiger partial charge in [-0.3, -0.25) is 4.68 Å². The summed E-state index contributed by atoms with van der Waals surface area (Å²) in [5, 5.41) is 10.7. The number of H-pyrrole nitrogens is 1. The zero-order chi connectivity index (χ0) is 9.97. The van der Waals surface area contributed by atoms with Crippen molar-refractivity contribution < 1.29 is 4.42 Å². The predicted octanol–water partition coefficient (Wildman–Crippen LogP) is 2.01. The van der Waals surface area contributed by atoms with Crippen LogP contribution in [0.5, 0.6) is 0 Å². The minimum atomic E-state index is 0.269. The summed E-state index contributed by atoms with van der Waals surface area (Å²) in [4.78, 5) is 0.269. The minimum absolute atomic E-state index is 0.269. The van der Waals surface area contributed by atoms with Crippen molar-refractivity contribution in [3.63, 3.8) is 0 Å². The number of rotatable bonds is 3. The molecule has 2 aromatic heterocycles. The molecule has 0 saturated carbocycles. The second-order valence-electron chi connectivity index (χ2n) is 2.88. The van der Waals surface area contributed by atoms with Gasteiger partial charge >= 0.3 is 0 Å². The number of nitrogens with zero attached hydrogens (tertiary/aromatic N) is 3. The van der Waals surface area contributed by atoms with E-state index in [2.05, 4.69) is 22.2 Å². The fraction of sp³-hybridized carbons (Fsp3) is 0.375. The summed E-state index contributed by atoms with van der Waals surface area (Å²) in [5.74, 6) is 0.435. The molecule has 74 valence electrons. The van der Waals surface area contributed by atoms with E-state index in [4.69, 9.17) is 16.6 Å². The van der Waals surface area contributed by atoms with Crippen LogP contribution >= 0.6 is 12.2 Å². The van der Waals surface area contributed by atoms with Gasteiger partial charge in [0.15, 0.2) is 0 Å². The standard InChI is InChI=1S/C8H10N4OS/c1-2-4-12-5-3-6(11-12)7-9-10-8(14)13-7/h3,5H,2,4H2,1H3,(H,10,14). The summed E-state index contributed by atoms with van der Waals surface area (Å²) in [5.41, 5.74) is 0.700. The zero-order valence-corrected chi connectivity index (χ0v) is 8.54. The number of hydrogen-bond donors (Lipinski definition) is 1. The lowest BCUT2D eigenvalue weighted by molar-refractivity contribution is 0.544. The molecule has 0 bridgehead atoms. The monoisotopic (exact) mass is 210 g/mol. The number of hydrogen-bond acceptors (Lipinski definition) is 4. The van der Waals surface area contributed by atoms with Crippen LogP contribution in [-0.4, -0.2) is 20.0 Å². The maximum atomic E-state index is 5.13. The van der Waals surface area contributed by atoms with Gasteiger partial charge in [-0.15, -0.1) is 5.10 Å². The number of nitrogens with one attached hydrogen (secondary N) is 1. The van der Waals surface area contributed by atoms with Crippen LogP contribution in [0.3, 0.4) is 0 Å². The molecule has 0 fully saturated rings. The molecule has 0 amide bonds. The Kier molecular flexibility index (Phi) is 2.45. The fourth-order valence-electron chi connectivity index (χ4n) is 1.17. The van der Waals surface area contributed by atoms with Crippen molar-refractivity contribution >= 4 is 12.2 Å². The molecule has 0 spiro atoms. The largest absolute Gasteiger partial charge is 0.408 e. The van der Waals surface area contributed by atoms with E-state index in [0.717, 1.165) is 13.0 Å². The van der Waals surface area contributed by atoms with Crippen molar-refractivity contribution in [3.05, 3.63) is 17.1 Å². The molecule has 0 saturated heterocycles. The smallest absolute Gasteiger partial charge is 0.284 e. The molecule has 6 heteroatoms. The molecule has 0 aliphatic carbocycles. The van der Waals surface area contributed by atoms with E-state index in [1.54, 1.807) is 0 Å². The maximum Gasteiger partial charge on any atom is 0.284 e. The molecule has 2 rings (SSSR count). The number of aromatic amines is 1. The molecule has 0 aromatic carbocycles. The Hall–Kier alpha value is -1.43. The Labute approximate surface area is 85.8 Å². The first-order chi connectivity index (χ1) is 6.79. The van der Waals surface area contributed by atoms with Crippen LogP contribution in [0, 0.1) is 4.84 Å². The highest BCUT2D eigenvalue weighted by Crippen LogP contribution is 2.13. The summed E-state index contributed by atoms with van der Waals surface area (Å²) in [6, 6.07) is 1.85. The molecule has 0 aliphatic heterocycles. The Bertz CT molecular complexity index is 469. The molecule has 1 N–H and O–H groups in total. The average Bonchev–Trinajstić information content (AvgIpc) is 2.74. The average molecular weight is 210 g/mol. The highest BCUT2D eigenvalue weighted by Gasteiger charge is 2.06. The second-order valence-corrected chi connectivity index (χ2v) is 3.25. The molecule has 2 aromatic rings. The molecule has 0 radical (unpaired) electrons. The molecule has 14 heavy (non-hydrogen) atoms. The molecule has 0 aliphatic rings. The van der Waals surface area contributed by atoms with Gasteiger partial charge in [-0.2, -0.15) is 5.10 Å². The lowest BCUT2D eigenvalue weighted by Gasteiger charge is -1.94. The van der Waals surface area contributed by atoms with Crippen molar-refractivity contribution in [1.29, 1.82) is 0 Å². The van der Waals surface area contributed by atoms with Gasteiger partial charge in [-0.25, -0.2) is 5.10 Å². The van der Waals surface area contributed by atoms with Crippen LogP contribution in [0.25, 0.3) is 11.6 Å². The summed E-state index contributed by atoms with van der Waals surface area (Å²) in [7, 11) is 0. The summed E-state index contributed by atoms with van der Waals surface area (Å²) < 4.78 is 6.98. The van der Waals surface area contributed by atoms with E-state index in [1.807, 2.05) is 16.9 Å². The molecule has 0 atom stereocenters. The van der Waals surface area contributed by atoms with Gasteiger partial charge in [-0.05, 0) is 24.7 Å². The van der Waals surface area contributed by atoms with Crippen LogP contribution < -0.4 is 0 Å². The quantitative estimate of drug-likeness (QED) is 0.787. The van der Waals surface area contributed by atoms with Crippen LogP contribution in [0.2, 0.25) is 0 Å². The summed E-state index contributed by atoms with van der Waals surface area (Å²) in [6.45, 7) is 2.99. The fourth-order valence-corrected chi connectivity index (χ4v) is 1.29. The van der Waals surface area contributed by atoms with E-state index >= 15 is 0 Å². The second kappa shape index (κ2) is 3.75. The lowest BCUT2D eigenvalue weighted by Crippen LogP contribution is -1.96. The van der Waals surface area contributed by atoms with Crippen LogP contribution in [0.4, 0.5) is 0 Å². The van der Waals surface area contributed by atoms with Crippen molar-refractivity contribution in [2.45, 2.75) is 19.9 Å². The normalized spacial score (nSPS) is 10.6. The third-order valence-corrected chi connectivity index (χ3v) is 1.93. The third-order valence-electron chi connectivity index (χ3n) is 1.75. The Morgan fingerprint density at radius 3 is 3.14 bits per heavy atom. The predicted molar refractivity (Wildman–Crippen MR) is 53.2 cm³/mol. The summed E-state index contributed by atoms with van der Waals surface area (Å²) >= 11 is 4.77. The van der Waals surface area contributed by atoms with Crippen LogP contribution in [0.15, 0.2) is 16.7 Å². The maximum absolute atomic E-state index is 5.13. The minimum Gasteiger partial charge on any atom is -0.408 e. The zero-order valence-electron chi connectivity index (χ0n) is 7.73. The van der Waals surface area contributed by atoms with Crippen molar-refractivity contribution in [2.75, 3.05) is 0 Å². The van der Waals surface area contributed by atoms with Crippen molar-refractivity contribution in [2.24, 2.45) is 0 Å². The van der Waals surface area contributed by atoms with Crippen LogP contribution in [-0.2, 0) is 6.54 Å². The first kappa shape index (κ1) is 9.14. The molecule has 2 heterocycles. The Morgan fingerprint density at radius 2 is 2.50 bits per heavy atom. The highest BCUT2D eigenvalue weighted by molar-refractivity contribution is 7.71. The summed E-state index contributed by atoms with van der Waals surface area (Å²) in [6.07, 6.45) is 2.94. The number of aromatic nitrogens is 4. The first-order valence-electron chi connectivity index (χ1n) is 4.39. The Morgan fingerprint density at radius 1 is 1.64 bits per heavy atom. The molecular formula is C8H10N4OS.